The van der Waals surface area contributed by atoms with Crippen molar-refractivity contribution < 1.29 is 14.3 Å². The normalized spacial score (nSPS) is 19.7. The third kappa shape index (κ3) is 4.55. The van der Waals surface area contributed by atoms with E-state index in [-0.39, 0.29) is 17.9 Å². The average Bonchev–Trinajstić information content (AvgIpc) is 2.83. The summed E-state index contributed by atoms with van der Waals surface area (Å²) in [6.45, 7) is 1.71. The fraction of sp³-hybridized carbons (Fsp3) is 0.923. The first-order chi connectivity index (χ1) is 8.63. The van der Waals surface area contributed by atoms with Crippen LogP contribution in [0.25, 0.3) is 0 Å². The van der Waals surface area contributed by atoms with Crippen LogP contribution in [-0.4, -0.2) is 45.9 Å². The summed E-state index contributed by atoms with van der Waals surface area (Å²) in [6.07, 6.45) is 5.81. The van der Waals surface area contributed by atoms with Crippen LogP contribution in [0.3, 0.4) is 0 Å². The Morgan fingerprint density at radius 1 is 1.33 bits per heavy atom. The maximum atomic E-state index is 11.8. The maximum absolute atomic E-state index is 11.8. The molecule has 0 aromatic rings. The number of hydrogen-bond donors (Lipinski definition) is 2. The second-order valence-corrected chi connectivity index (χ2v) is 5.23. The molecule has 1 fully saturated rings. The Hall–Kier alpha value is -0.650. The predicted molar refractivity (Wildman–Crippen MR) is 70.3 cm³/mol. The van der Waals surface area contributed by atoms with Crippen LogP contribution in [0.15, 0.2) is 0 Å². The minimum atomic E-state index is -0.573. The summed E-state index contributed by atoms with van der Waals surface area (Å²) in [7, 11) is 3.26. The molecule has 1 amide bonds. The van der Waals surface area contributed by atoms with Crippen LogP contribution < -0.4 is 11.1 Å². The Labute approximate surface area is 109 Å². The standard InChI is InChI=1S/C13H26N2O3/c1-17-8-7-13(5-3-4-6-13)10-15-12(16)11(14)9-18-2/h11H,3-10,14H2,1-2H3,(H,15,16). The van der Waals surface area contributed by atoms with Crippen LogP contribution in [0.1, 0.15) is 32.1 Å². The van der Waals surface area contributed by atoms with E-state index >= 15 is 0 Å². The SMILES string of the molecule is COCCC1(CNC(=O)C(N)COC)CCCC1. The highest BCUT2D eigenvalue weighted by Gasteiger charge is 2.34. The zero-order valence-corrected chi connectivity index (χ0v) is 11.5. The highest BCUT2D eigenvalue weighted by molar-refractivity contribution is 5.81. The van der Waals surface area contributed by atoms with Gasteiger partial charge in [0.2, 0.25) is 5.91 Å². The highest BCUT2D eigenvalue weighted by atomic mass is 16.5. The minimum absolute atomic E-state index is 0.124. The zero-order chi connectivity index (χ0) is 13.4. The maximum Gasteiger partial charge on any atom is 0.239 e. The second-order valence-electron chi connectivity index (χ2n) is 5.23. The fourth-order valence-electron chi connectivity index (χ4n) is 2.62. The van der Waals surface area contributed by atoms with E-state index in [0.29, 0.717) is 6.54 Å². The quantitative estimate of drug-likeness (QED) is 0.671. The van der Waals surface area contributed by atoms with E-state index in [1.807, 2.05) is 0 Å². The van der Waals surface area contributed by atoms with E-state index in [9.17, 15) is 4.79 Å². The van der Waals surface area contributed by atoms with Crippen LogP contribution in [0, 0.1) is 5.41 Å². The molecule has 0 aliphatic heterocycles. The van der Waals surface area contributed by atoms with E-state index in [1.54, 1.807) is 14.2 Å². The average molecular weight is 258 g/mol. The van der Waals surface area contributed by atoms with Crippen LogP contribution in [0.2, 0.25) is 0 Å². The molecular weight excluding hydrogens is 232 g/mol. The predicted octanol–water partition coefficient (Wildman–Crippen LogP) is 0.673. The van der Waals surface area contributed by atoms with E-state index in [4.69, 9.17) is 15.2 Å². The van der Waals surface area contributed by atoms with Crippen LogP contribution >= 0.6 is 0 Å². The first-order valence-corrected chi connectivity index (χ1v) is 6.65. The molecule has 1 atom stereocenters. The van der Waals surface area contributed by atoms with Gasteiger partial charge in [-0.1, -0.05) is 12.8 Å². The Morgan fingerprint density at radius 2 is 2.00 bits per heavy atom. The van der Waals surface area contributed by atoms with E-state index in [1.165, 1.54) is 12.8 Å². The summed E-state index contributed by atoms with van der Waals surface area (Å²) >= 11 is 0. The molecule has 5 heteroatoms. The van der Waals surface area contributed by atoms with Crippen molar-refractivity contribution in [1.29, 1.82) is 0 Å². The Kier molecular flexibility index (Phi) is 6.60. The number of rotatable bonds is 8. The van der Waals surface area contributed by atoms with Crippen molar-refractivity contribution in [2.75, 3.05) is 34.0 Å². The lowest BCUT2D eigenvalue weighted by atomic mass is 9.83. The van der Waals surface area contributed by atoms with Crippen molar-refractivity contribution in [3.05, 3.63) is 0 Å². The first-order valence-electron chi connectivity index (χ1n) is 6.65. The van der Waals surface area contributed by atoms with E-state index in [0.717, 1.165) is 25.9 Å². The molecule has 3 N–H and O–H groups in total. The lowest BCUT2D eigenvalue weighted by molar-refractivity contribution is -0.124. The molecule has 0 spiro atoms. The summed E-state index contributed by atoms with van der Waals surface area (Å²) in [4.78, 5) is 11.8. The van der Waals surface area contributed by atoms with Crippen molar-refractivity contribution in [3.63, 3.8) is 0 Å². The number of nitrogens with one attached hydrogen (secondary N) is 1. The summed E-state index contributed by atoms with van der Waals surface area (Å²) < 4.78 is 10.0. The molecule has 1 unspecified atom stereocenters. The van der Waals surface area contributed by atoms with Gasteiger partial charge >= 0.3 is 0 Å². The molecule has 0 radical (unpaired) electrons. The first kappa shape index (κ1) is 15.4. The molecule has 0 aromatic heterocycles. The van der Waals surface area contributed by atoms with Gasteiger partial charge in [0.1, 0.15) is 6.04 Å². The largest absolute Gasteiger partial charge is 0.385 e. The van der Waals surface area contributed by atoms with Gasteiger partial charge < -0.3 is 20.5 Å². The molecule has 1 saturated carbocycles. The van der Waals surface area contributed by atoms with Crippen molar-refractivity contribution >= 4 is 5.91 Å². The lowest BCUT2D eigenvalue weighted by Gasteiger charge is -2.29. The van der Waals surface area contributed by atoms with Gasteiger partial charge in [0.25, 0.3) is 0 Å². The smallest absolute Gasteiger partial charge is 0.239 e. The molecule has 1 aliphatic carbocycles. The number of carbonyl (C=O) groups is 1. The van der Waals surface area contributed by atoms with Crippen molar-refractivity contribution in [2.45, 2.75) is 38.1 Å². The highest BCUT2D eigenvalue weighted by Crippen LogP contribution is 2.40. The monoisotopic (exact) mass is 258 g/mol. The Bertz CT molecular complexity index is 253. The van der Waals surface area contributed by atoms with Gasteiger partial charge in [0.15, 0.2) is 0 Å². The van der Waals surface area contributed by atoms with E-state index in [2.05, 4.69) is 5.32 Å². The number of ether oxygens (including phenoxy) is 2. The molecule has 0 saturated heterocycles. The number of methoxy groups -OCH3 is 2. The van der Waals surface area contributed by atoms with Gasteiger partial charge in [0.05, 0.1) is 6.61 Å². The van der Waals surface area contributed by atoms with Crippen molar-refractivity contribution in [1.82, 2.24) is 5.32 Å². The summed E-state index contributed by atoms with van der Waals surface area (Å²) in [6, 6.07) is -0.573. The van der Waals surface area contributed by atoms with Gasteiger partial charge in [-0.15, -0.1) is 0 Å². The van der Waals surface area contributed by atoms with Gasteiger partial charge in [0, 0.05) is 27.4 Å². The molecule has 18 heavy (non-hydrogen) atoms. The van der Waals surface area contributed by atoms with E-state index < -0.39 is 6.04 Å². The number of hydrogen-bond acceptors (Lipinski definition) is 4. The zero-order valence-electron chi connectivity index (χ0n) is 11.5. The van der Waals surface area contributed by atoms with Crippen LogP contribution in [0.5, 0.6) is 0 Å². The van der Waals surface area contributed by atoms with Gasteiger partial charge in [-0.05, 0) is 24.7 Å². The second kappa shape index (κ2) is 7.71. The number of carbonyl (C=O) groups excluding carboxylic acids is 1. The molecule has 0 heterocycles. The molecule has 0 bridgehead atoms. The van der Waals surface area contributed by atoms with Gasteiger partial charge in [-0.3, -0.25) is 4.79 Å². The molecule has 1 rings (SSSR count). The lowest BCUT2D eigenvalue weighted by Crippen LogP contribution is -2.47. The van der Waals surface area contributed by atoms with Gasteiger partial charge in [-0.2, -0.15) is 0 Å². The number of amides is 1. The molecule has 0 aromatic carbocycles. The van der Waals surface area contributed by atoms with Gasteiger partial charge in [-0.25, -0.2) is 0 Å². The molecule has 1 aliphatic rings. The van der Waals surface area contributed by atoms with Crippen molar-refractivity contribution in [2.24, 2.45) is 11.1 Å². The van der Waals surface area contributed by atoms with Crippen molar-refractivity contribution in [3.8, 4) is 0 Å². The fourth-order valence-corrected chi connectivity index (χ4v) is 2.62. The molecular formula is C13H26N2O3. The summed E-state index contributed by atoms with van der Waals surface area (Å²) in [5.41, 5.74) is 5.90. The third-order valence-electron chi connectivity index (χ3n) is 3.82. The topological polar surface area (TPSA) is 73.6 Å². The van der Waals surface area contributed by atoms with Crippen LogP contribution in [0.4, 0.5) is 0 Å². The summed E-state index contributed by atoms with van der Waals surface area (Å²) in [5, 5.41) is 2.96. The third-order valence-corrected chi connectivity index (χ3v) is 3.82. The Balaban J connectivity index is 2.40. The molecule has 5 nitrogen and oxygen atoms in total. The Morgan fingerprint density at radius 3 is 2.56 bits per heavy atom. The minimum Gasteiger partial charge on any atom is -0.385 e. The van der Waals surface area contributed by atoms with Crippen LogP contribution in [-0.2, 0) is 14.3 Å². The number of nitrogens with two attached hydrogens (primary N) is 1. The molecule has 106 valence electrons. The summed E-state index contributed by atoms with van der Waals surface area (Å²) in [5.74, 6) is -0.124.